The lowest BCUT2D eigenvalue weighted by atomic mass is 10.1. The van der Waals surface area contributed by atoms with Crippen LogP contribution in [-0.4, -0.2) is 26.7 Å². The number of fused-ring (bicyclic) bond motifs is 2. The van der Waals surface area contributed by atoms with Gasteiger partial charge in [0.2, 0.25) is 5.91 Å². The van der Waals surface area contributed by atoms with E-state index in [4.69, 9.17) is 11.6 Å². The van der Waals surface area contributed by atoms with Gasteiger partial charge in [-0.05, 0) is 23.6 Å². The molecule has 1 amide bonds. The molecule has 122 valence electrons. The van der Waals surface area contributed by atoms with Crippen molar-refractivity contribution in [2.24, 2.45) is 0 Å². The van der Waals surface area contributed by atoms with Crippen LogP contribution in [0.5, 0.6) is 0 Å². The summed E-state index contributed by atoms with van der Waals surface area (Å²) in [6, 6.07) is 7.34. The van der Waals surface area contributed by atoms with Gasteiger partial charge in [-0.1, -0.05) is 17.7 Å². The number of nitrogens with zero attached hydrogens (tertiary/aromatic N) is 3. The molecule has 1 aliphatic rings. The van der Waals surface area contributed by atoms with Crippen LogP contribution in [0.25, 0.3) is 5.65 Å². The number of amides is 1. The molecule has 3 aromatic heterocycles. The molecule has 0 saturated carbocycles. The van der Waals surface area contributed by atoms with Crippen LogP contribution in [0.15, 0.2) is 40.6 Å². The van der Waals surface area contributed by atoms with Gasteiger partial charge in [0.1, 0.15) is 5.65 Å². The minimum absolute atomic E-state index is 0.0405. The second-order valence-corrected chi connectivity index (χ2v) is 7.21. The minimum Gasteiger partial charge on any atom is -0.337 e. The largest absolute Gasteiger partial charge is 0.337 e. The van der Waals surface area contributed by atoms with Gasteiger partial charge in [0.05, 0.1) is 29.2 Å². The topological polar surface area (TPSA) is 54.7 Å². The van der Waals surface area contributed by atoms with Crippen LogP contribution < -0.4 is 5.56 Å². The van der Waals surface area contributed by atoms with Crippen LogP contribution in [0, 0.1) is 0 Å². The highest BCUT2D eigenvalue weighted by molar-refractivity contribution is 7.10. The predicted molar refractivity (Wildman–Crippen MR) is 93.6 cm³/mol. The summed E-state index contributed by atoms with van der Waals surface area (Å²) < 4.78 is 1.45. The van der Waals surface area contributed by atoms with Crippen molar-refractivity contribution in [2.75, 3.05) is 6.54 Å². The molecule has 5 nitrogen and oxygen atoms in total. The number of carbonyl (C=O) groups excluding carboxylic acids is 1. The highest BCUT2D eigenvalue weighted by Gasteiger charge is 2.25. The summed E-state index contributed by atoms with van der Waals surface area (Å²) in [5.41, 5.74) is 1.80. The van der Waals surface area contributed by atoms with E-state index in [-0.39, 0.29) is 11.5 Å². The molecule has 24 heavy (non-hydrogen) atoms. The van der Waals surface area contributed by atoms with Gasteiger partial charge in [0.25, 0.3) is 5.56 Å². The van der Waals surface area contributed by atoms with Crippen LogP contribution in [0.4, 0.5) is 0 Å². The first-order chi connectivity index (χ1) is 11.6. The zero-order valence-corrected chi connectivity index (χ0v) is 14.3. The van der Waals surface area contributed by atoms with Crippen molar-refractivity contribution < 1.29 is 4.79 Å². The lowest BCUT2D eigenvalue weighted by Crippen LogP contribution is -2.40. The molecule has 0 aromatic carbocycles. The Morgan fingerprint density at radius 2 is 2.21 bits per heavy atom. The van der Waals surface area contributed by atoms with E-state index < -0.39 is 0 Å². The number of pyridine rings is 1. The van der Waals surface area contributed by atoms with Gasteiger partial charge < -0.3 is 4.90 Å². The third-order valence-corrected chi connectivity index (χ3v) is 5.29. The lowest BCUT2D eigenvalue weighted by molar-refractivity contribution is -0.131. The van der Waals surface area contributed by atoms with Gasteiger partial charge in [0.15, 0.2) is 0 Å². The second kappa shape index (κ2) is 6.03. The van der Waals surface area contributed by atoms with Crippen LogP contribution in [0.3, 0.4) is 0 Å². The summed E-state index contributed by atoms with van der Waals surface area (Å²) in [7, 11) is 0. The summed E-state index contributed by atoms with van der Waals surface area (Å²) in [4.78, 5) is 32.6. The fraction of sp³-hybridized carbons (Fsp3) is 0.235. The lowest BCUT2D eigenvalue weighted by Gasteiger charge is -2.28. The van der Waals surface area contributed by atoms with Gasteiger partial charge in [-0.2, -0.15) is 0 Å². The third kappa shape index (κ3) is 2.72. The standard InChI is InChI=1S/C17H14ClN3O2S/c18-11-3-4-15-19-14-5-6-20(10-13(14)17(23)21(15)9-11)16(22)8-12-2-1-7-24-12/h1-4,7,9H,5-6,8,10H2. The van der Waals surface area contributed by atoms with E-state index in [1.165, 1.54) is 4.40 Å². The van der Waals surface area contributed by atoms with E-state index in [9.17, 15) is 9.59 Å². The molecule has 0 spiro atoms. The zero-order valence-electron chi connectivity index (χ0n) is 12.7. The molecule has 0 bridgehead atoms. The molecule has 0 radical (unpaired) electrons. The fourth-order valence-electron chi connectivity index (χ4n) is 2.96. The van der Waals surface area contributed by atoms with E-state index in [2.05, 4.69) is 4.98 Å². The summed E-state index contributed by atoms with van der Waals surface area (Å²) in [5, 5.41) is 2.44. The molecular weight excluding hydrogens is 346 g/mol. The van der Waals surface area contributed by atoms with E-state index in [1.807, 2.05) is 17.5 Å². The van der Waals surface area contributed by atoms with Crippen molar-refractivity contribution in [3.05, 3.63) is 67.4 Å². The summed E-state index contributed by atoms with van der Waals surface area (Å²) in [6.07, 6.45) is 2.54. The number of carbonyl (C=O) groups is 1. The Hall–Kier alpha value is -2.18. The highest BCUT2D eigenvalue weighted by atomic mass is 35.5. The quantitative estimate of drug-likeness (QED) is 0.706. The van der Waals surface area contributed by atoms with Crippen molar-refractivity contribution in [1.82, 2.24) is 14.3 Å². The maximum absolute atomic E-state index is 12.7. The molecule has 0 fully saturated rings. The SMILES string of the molecule is O=C(Cc1cccs1)N1CCc2nc3ccc(Cl)cn3c(=O)c2C1. The van der Waals surface area contributed by atoms with E-state index in [0.29, 0.717) is 42.2 Å². The Morgan fingerprint density at radius 1 is 1.33 bits per heavy atom. The first-order valence-corrected chi connectivity index (χ1v) is 8.87. The van der Waals surface area contributed by atoms with Gasteiger partial charge in [0, 0.05) is 24.0 Å². The van der Waals surface area contributed by atoms with E-state index in [0.717, 1.165) is 10.6 Å². The van der Waals surface area contributed by atoms with Crippen LogP contribution >= 0.6 is 22.9 Å². The minimum atomic E-state index is -0.147. The number of halogens is 1. The number of aromatic nitrogens is 2. The maximum atomic E-state index is 12.7. The molecule has 0 saturated heterocycles. The van der Waals surface area contributed by atoms with Crippen LogP contribution in [0.1, 0.15) is 16.1 Å². The smallest absolute Gasteiger partial charge is 0.263 e. The molecule has 7 heteroatoms. The summed E-state index contributed by atoms with van der Waals surface area (Å²) >= 11 is 7.55. The van der Waals surface area contributed by atoms with Gasteiger partial charge in [-0.15, -0.1) is 11.3 Å². The van der Waals surface area contributed by atoms with Crippen molar-refractivity contribution in [3.63, 3.8) is 0 Å². The maximum Gasteiger partial charge on any atom is 0.263 e. The number of hydrogen-bond acceptors (Lipinski definition) is 4. The van der Waals surface area contributed by atoms with Crippen LogP contribution in [0.2, 0.25) is 5.02 Å². The first kappa shape index (κ1) is 15.4. The van der Waals surface area contributed by atoms with Gasteiger partial charge >= 0.3 is 0 Å². The number of rotatable bonds is 2. The molecule has 0 atom stereocenters. The Balaban J connectivity index is 1.67. The zero-order chi connectivity index (χ0) is 16.7. The second-order valence-electron chi connectivity index (χ2n) is 5.74. The Bertz CT molecular complexity index is 981. The molecule has 4 heterocycles. The average molecular weight is 360 g/mol. The molecule has 0 N–H and O–H groups in total. The molecule has 3 aromatic rings. The van der Waals surface area contributed by atoms with Crippen molar-refractivity contribution in [3.8, 4) is 0 Å². The van der Waals surface area contributed by atoms with E-state index in [1.54, 1.807) is 34.6 Å². The number of hydrogen-bond donors (Lipinski definition) is 0. The van der Waals surface area contributed by atoms with Gasteiger partial charge in [-0.3, -0.25) is 14.0 Å². The first-order valence-electron chi connectivity index (χ1n) is 7.61. The molecule has 0 unspecified atom stereocenters. The number of thiophene rings is 1. The van der Waals surface area contributed by atoms with Crippen LogP contribution in [-0.2, 0) is 24.2 Å². The Morgan fingerprint density at radius 3 is 3.00 bits per heavy atom. The van der Waals surface area contributed by atoms with Gasteiger partial charge in [-0.25, -0.2) is 4.98 Å². The molecule has 1 aliphatic heterocycles. The fourth-order valence-corrected chi connectivity index (χ4v) is 3.82. The molecule has 0 aliphatic carbocycles. The molecule has 4 rings (SSSR count). The molecular formula is C17H14ClN3O2S. The summed E-state index contributed by atoms with van der Waals surface area (Å²) in [6.45, 7) is 0.897. The van der Waals surface area contributed by atoms with E-state index >= 15 is 0 Å². The predicted octanol–water partition coefficient (Wildman–Crippen LogP) is 2.54. The van der Waals surface area contributed by atoms with Crippen molar-refractivity contribution >= 4 is 34.5 Å². The Kier molecular flexibility index (Phi) is 3.86. The monoisotopic (exact) mass is 359 g/mol. The third-order valence-electron chi connectivity index (χ3n) is 4.19. The highest BCUT2D eigenvalue weighted by Crippen LogP contribution is 2.18. The normalized spacial score (nSPS) is 14.0. The van der Waals surface area contributed by atoms with Crippen molar-refractivity contribution in [1.29, 1.82) is 0 Å². The average Bonchev–Trinajstić information content (AvgIpc) is 3.08. The Labute approximate surface area is 147 Å². The summed E-state index contributed by atoms with van der Waals surface area (Å²) in [5.74, 6) is 0.0405. The van der Waals surface area contributed by atoms with Crippen molar-refractivity contribution in [2.45, 2.75) is 19.4 Å².